The average molecular weight is 387 g/mol. The largest absolute Gasteiger partial charge is 0.368 e. The predicted octanol–water partition coefficient (Wildman–Crippen LogP) is 2.47. The molecule has 0 radical (unpaired) electrons. The number of carbonyl (C=O) groups is 2. The zero-order valence-electron chi connectivity index (χ0n) is 17.0. The minimum atomic E-state index is -0.0359. The molecule has 1 heterocycles. The SMILES string of the molecule is CC(=O)N1CCN(c2ccc(CCC3CCC(CC(=O)NN)CC3)cc2)CC1. The summed E-state index contributed by atoms with van der Waals surface area (Å²) < 4.78 is 0. The maximum Gasteiger partial charge on any atom is 0.234 e. The summed E-state index contributed by atoms with van der Waals surface area (Å²) in [5.41, 5.74) is 4.90. The summed E-state index contributed by atoms with van der Waals surface area (Å²) in [4.78, 5) is 27.1. The fraction of sp³-hybridized carbons (Fsp3) is 0.636. The molecule has 6 heteroatoms. The van der Waals surface area contributed by atoms with Gasteiger partial charge in [0.15, 0.2) is 0 Å². The first-order chi connectivity index (χ1) is 13.5. The van der Waals surface area contributed by atoms with Gasteiger partial charge in [-0.2, -0.15) is 0 Å². The van der Waals surface area contributed by atoms with Crippen LogP contribution in [0.5, 0.6) is 0 Å². The van der Waals surface area contributed by atoms with Gasteiger partial charge in [-0.15, -0.1) is 0 Å². The minimum absolute atomic E-state index is 0.0359. The van der Waals surface area contributed by atoms with Gasteiger partial charge < -0.3 is 9.80 Å². The second-order valence-corrected chi connectivity index (χ2v) is 8.36. The Hall–Kier alpha value is -2.08. The maximum absolute atomic E-state index is 11.5. The lowest BCUT2D eigenvalue weighted by atomic mass is 9.78. The second kappa shape index (κ2) is 9.92. The van der Waals surface area contributed by atoms with Crippen LogP contribution in [-0.4, -0.2) is 42.9 Å². The summed E-state index contributed by atoms with van der Waals surface area (Å²) in [5.74, 6) is 6.60. The number of nitrogens with one attached hydrogen (secondary N) is 1. The minimum Gasteiger partial charge on any atom is -0.368 e. The molecule has 3 rings (SSSR count). The van der Waals surface area contributed by atoms with Gasteiger partial charge in [0.25, 0.3) is 0 Å². The van der Waals surface area contributed by atoms with Gasteiger partial charge in [0.05, 0.1) is 0 Å². The lowest BCUT2D eigenvalue weighted by molar-refractivity contribution is -0.129. The van der Waals surface area contributed by atoms with Crippen molar-refractivity contribution in [2.45, 2.75) is 51.9 Å². The van der Waals surface area contributed by atoms with Gasteiger partial charge in [0.1, 0.15) is 0 Å². The molecule has 1 aliphatic heterocycles. The van der Waals surface area contributed by atoms with Crippen molar-refractivity contribution in [3.63, 3.8) is 0 Å². The van der Waals surface area contributed by atoms with Gasteiger partial charge in [-0.25, -0.2) is 5.84 Å². The standard InChI is InChI=1S/C22H34N4O2/c1-17(27)25-12-14-26(15-13-25)21-10-8-19(9-11-21)3-2-18-4-6-20(7-5-18)16-22(28)24-23/h8-11,18,20H,2-7,12-16,23H2,1H3,(H,24,28). The summed E-state index contributed by atoms with van der Waals surface area (Å²) in [7, 11) is 0. The number of hydrogen-bond acceptors (Lipinski definition) is 4. The van der Waals surface area contributed by atoms with E-state index in [1.165, 1.54) is 30.5 Å². The molecular weight excluding hydrogens is 352 g/mol. The number of carbonyl (C=O) groups excluding carboxylic acids is 2. The molecule has 0 unspecified atom stereocenters. The van der Waals surface area contributed by atoms with Crippen molar-refractivity contribution < 1.29 is 9.59 Å². The number of piperazine rings is 1. The molecule has 2 amide bonds. The number of amides is 2. The Bertz CT molecular complexity index is 645. The van der Waals surface area contributed by atoms with Gasteiger partial charge in [-0.3, -0.25) is 15.0 Å². The number of hydrogen-bond donors (Lipinski definition) is 2. The van der Waals surface area contributed by atoms with E-state index in [0.717, 1.165) is 51.4 Å². The van der Waals surface area contributed by atoms with Crippen molar-refractivity contribution >= 4 is 17.5 Å². The van der Waals surface area contributed by atoms with E-state index in [9.17, 15) is 9.59 Å². The van der Waals surface area contributed by atoms with Crippen molar-refractivity contribution in [1.82, 2.24) is 10.3 Å². The molecule has 0 aromatic heterocycles. The Labute approximate surface area is 168 Å². The molecule has 0 bridgehead atoms. The highest BCUT2D eigenvalue weighted by atomic mass is 16.2. The molecule has 28 heavy (non-hydrogen) atoms. The fourth-order valence-electron chi connectivity index (χ4n) is 4.57. The van der Waals surface area contributed by atoms with Crippen LogP contribution in [0.1, 0.15) is 51.0 Å². The van der Waals surface area contributed by atoms with Crippen LogP contribution in [0.25, 0.3) is 0 Å². The van der Waals surface area contributed by atoms with Crippen LogP contribution in [0.2, 0.25) is 0 Å². The highest BCUT2D eigenvalue weighted by Gasteiger charge is 2.23. The van der Waals surface area contributed by atoms with Crippen LogP contribution in [0.4, 0.5) is 5.69 Å². The highest BCUT2D eigenvalue weighted by molar-refractivity contribution is 5.75. The molecule has 1 saturated carbocycles. The molecule has 154 valence electrons. The van der Waals surface area contributed by atoms with Crippen molar-refractivity contribution in [3.8, 4) is 0 Å². The lowest BCUT2D eigenvalue weighted by Gasteiger charge is -2.35. The van der Waals surface area contributed by atoms with Crippen molar-refractivity contribution in [1.29, 1.82) is 0 Å². The summed E-state index contributed by atoms with van der Waals surface area (Å²) in [6, 6.07) is 8.95. The number of nitrogens with two attached hydrogens (primary N) is 1. The van der Waals surface area contributed by atoms with Crippen LogP contribution in [0.3, 0.4) is 0 Å². The van der Waals surface area contributed by atoms with Crippen molar-refractivity contribution in [2.24, 2.45) is 17.7 Å². The first-order valence-corrected chi connectivity index (χ1v) is 10.6. The summed E-state index contributed by atoms with van der Waals surface area (Å²) in [6.07, 6.45) is 7.66. The van der Waals surface area contributed by atoms with Gasteiger partial charge in [-0.1, -0.05) is 25.0 Å². The number of anilines is 1. The zero-order valence-corrected chi connectivity index (χ0v) is 17.0. The van der Waals surface area contributed by atoms with Gasteiger partial charge in [0.2, 0.25) is 11.8 Å². The Balaban J connectivity index is 1.39. The van der Waals surface area contributed by atoms with Gasteiger partial charge >= 0.3 is 0 Å². The quantitative estimate of drug-likeness (QED) is 0.447. The van der Waals surface area contributed by atoms with Crippen LogP contribution in [0.15, 0.2) is 24.3 Å². The zero-order chi connectivity index (χ0) is 19.9. The number of benzene rings is 1. The molecule has 6 nitrogen and oxygen atoms in total. The van der Waals surface area contributed by atoms with Crippen LogP contribution < -0.4 is 16.2 Å². The van der Waals surface area contributed by atoms with Crippen LogP contribution in [-0.2, 0) is 16.0 Å². The van der Waals surface area contributed by atoms with E-state index in [0.29, 0.717) is 12.3 Å². The van der Waals surface area contributed by atoms with E-state index < -0.39 is 0 Å². The Kier molecular flexibility index (Phi) is 7.31. The van der Waals surface area contributed by atoms with Crippen molar-refractivity contribution in [3.05, 3.63) is 29.8 Å². The number of hydrazine groups is 1. The molecule has 0 spiro atoms. The van der Waals surface area contributed by atoms with E-state index >= 15 is 0 Å². The number of rotatable bonds is 6. The van der Waals surface area contributed by atoms with Gasteiger partial charge in [0, 0.05) is 45.2 Å². The molecule has 2 aliphatic rings. The third kappa shape index (κ3) is 5.71. The third-order valence-electron chi connectivity index (χ3n) is 6.47. The lowest BCUT2D eigenvalue weighted by Crippen LogP contribution is -2.48. The maximum atomic E-state index is 11.5. The molecule has 3 N–H and O–H groups in total. The number of aryl methyl sites for hydroxylation is 1. The monoisotopic (exact) mass is 386 g/mol. The molecule has 1 aliphatic carbocycles. The molecule has 2 fully saturated rings. The average Bonchev–Trinajstić information content (AvgIpc) is 2.73. The topological polar surface area (TPSA) is 78.7 Å². The molecule has 0 atom stereocenters. The van der Waals surface area contributed by atoms with E-state index in [-0.39, 0.29) is 11.8 Å². The van der Waals surface area contributed by atoms with Crippen LogP contribution in [0, 0.1) is 11.8 Å². The van der Waals surface area contributed by atoms with E-state index in [4.69, 9.17) is 5.84 Å². The summed E-state index contributed by atoms with van der Waals surface area (Å²) in [6.45, 7) is 5.09. The van der Waals surface area contributed by atoms with E-state index in [2.05, 4.69) is 34.6 Å². The highest BCUT2D eigenvalue weighted by Crippen LogP contribution is 2.33. The van der Waals surface area contributed by atoms with Crippen molar-refractivity contribution in [2.75, 3.05) is 31.1 Å². The van der Waals surface area contributed by atoms with E-state index in [1.54, 1.807) is 6.92 Å². The van der Waals surface area contributed by atoms with Gasteiger partial charge in [-0.05, 0) is 55.2 Å². The number of nitrogens with zero attached hydrogens (tertiary/aromatic N) is 2. The normalized spacial score (nSPS) is 22.8. The third-order valence-corrected chi connectivity index (χ3v) is 6.47. The molecule has 1 saturated heterocycles. The molecule has 1 aromatic rings. The van der Waals surface area contributed by atoms with Crippen LogP contribution >= 0.6 is 0 Å². The Morgan fingerprint density at radius 2 is 1.61 bits per heavy atom. The Morgan fingerprint density at radius 1 is 1.00 bits per heavy atom. The summed E-state index contributed by atoms with van der Waals surface area (Å²) >= 11 is 0. The smallest absolute Gasteiger partial charge is 0.234 e. The Morgan fingerprint density at radius 3 is 2.18 bits per heavy atom. The molecular formula is C22H34N4O2. The fourth-order valence-corrected chi connectivity index (χ4v) is 4.57. The van der Waals surface area contributed by atoms with E-state index in [1.807, 2.05) is 4.90 Å². The first kappa shape index (κ1) is 20.6. The molecule has 1 aromatic carbocycles. The second-order valence-electron chi connectivity index (χ2n) is 8.36. The summed E-state index contributed by atoms with van der Waals surface area (Å²) in [5, 5.41) is 0. The first-order valence-electron chi connectivity index (χ1n) is 10.6. The predicted molar refractivity (Wildman–Crippen MR) is 112 cm³/mol.